The monoisotopic (exact) mass is 362 g/mol. The van der Waals surface area contributed by atoms with Gasteiger partial charge in [-0.25, -0.2) is 4.68 Å². The second-order valence-corrected chi connectivity index (χ2v) is 6.47. The van der Waals surface area contributed by atoms with Gasteiger partial charge in [0.05, 0.1) is 29.7 Å². The highest BCUT2D eigenvalue weighted by atomic mass is 16.2. The Morgan fingerprint density at radius 1 is 1.07 bits per heavy atom. The molecule has 0 atom stereocenters. The lowest BCUT2D eigenvalue weighted by atomic mass is 10.2. The lowest BCUT2D eigenvalue weighted by Crippen LogP contribution is -2.35. The van der Waals surface area contributed by atoms with E-state index in [1.807, 2.05) is 56.3 Å². The molecule has 1 heterocycles. The van der Waals surface area contributed by atoms with E-state index in [0.717, 1.165) is 16.9 Å². The number of aryl methyl sites for hydroxylation is 1. The van der Waals surface area contributed by atoms with Crippen molar-refractivity contribution in [2.45, 2.75) is 13.8 Å². The third kappa shape index (κ3) is 4.23. The smallest absolute Gasteiger partial charge is 0.257 e. The van der Waals surface area contributed by atoms with E-state index in [0.29, 0.717) is 11.3 Å². The number of benzene rings is 2. The molecule has 0 aliphatic carbocycles. The zero-order chi connectivity index (χ0) is 19.4. The number of likely N-dealkylation sites (N-methyl/N-ethyl adjacent to an activating group) is 1. The molecular weight excluding hydrogens is 340 g/mol. The highest BCUT2D eigenvalue weighted by Gasteiger charge is 2.20. The van der Waals surface area contributed by atoms with Crippen LogP contribution in [0.5, 0.6) is 0 Å². The Morgan fingerprint density at radius 3 is 2.52 bits per heavy atom. The van der Waals surface area contributed by atoms with E-state index in [9.17, 15) is 9.59 Å². The molecule has 1 N–H and O–H groups in total. The Hall–Kier alpha value is -3.41. The van der Waals surface area contributed by atoms with Crippen LogP contribution in [-0.2, 0) is 4.79 Å². The van der Waals surface area contributed by atoms with Crippen LogP contribution in [0, 0.1) is 13.8 Å². The summed E-state index contributed by atoms with van der Waals surface area (Å²) in [5.41, 5.74) is 3.93. The maximum Gasteiger partial charge on any atom is 0.257 e. The van der Waals surface area contributed by atoms with E-state index >= 15 is 0 Å². The zero-order valence-electron chi connectivity index (χ0n) is 15.6. The number of carbonyl (C=O) groups excluding carboxylic acids is 2. The summed E-state index contributed by atoms with van der Waals surface area (Å²) in [7, 11) is 1.61. The second kappa shape index (κ2) is 7.86. The number of aromatic nitrogens is 2. The van der Waals surface area contributed by atoms with Crippen LogP contribution in [0.3, 0.4) is 0 Å². The van der Waals surface area contributed by atoms with E-state index in [1.165, 1.54) is 4.90 Å². The average molecular weight is 362 g/mol. The summed E-state index contributed by atoms with van der Waals surface area (Å²) < 4.78 is 1.73. The Bertz CT molecular complexity index is 963. The van der Waals surface area contributed by atoms with Gasteiger partial charge in [-0.2, -0.15) is 5.10 Å². The molecule has 0 aliphatic rings. The number of carbonyl (C=O) groups is 2. The van der Waals surface area contributed by atoms with Crippen molar-refractivity contribution in [3.8, 4) is 5.69 Å². The Labute approximate surface area is 158 Å². The molecule has 0 saturated heterocycles. The van der Waals surface area contributed by atoms with Gasteiger partial charge in [-0.05, 0) is 43.7 Å². The molecule has 0 unspecified atom stereocenters. The maximum absolute atomic E-state index is 12.8. The van der Waals surface area contributed by atoms with E-state index in [4.69, 9.17) is 0 Å². The third-order valence-electron chi connectivity index (χ3n) is 4.27. The molecule has 6 heteroatoms. The summed E-state index contributed by atoms with van der Waals surface area (Å²) in [6.07, 6.45) is 1.55. The fourth-order valence-corrected chi connectivity index (χ4v) is 2.85. The molecule has 0 saturated carbocycles. The van der Waals surface area contributed by atoms with Crippen LogP contribution in [0.15, 0.2) is 60.8 Å². The van der Waals surface area contributed by atoms with Crippen LogP contribution in [-0.4, -0.2) is 40.1 Å². The van der Waals surface area contributed by atoms with Gasteiger partial charge >= 0.3 is 0 Å². The van der Waals surface area contributed by atoms with E-state index < -0.39 is 0 Å². The van der Waals surface area contributed by atoms with Crippen molar-refractivity contribution < 1.29 is 9.59 Å². The molecule has 0 aliphatic heterocycles. The van der Waals surface area contributed by atoms with E-state index in [1.54, 1.807) is 30.1 Å². The van der Waals surface area contributed by atoms with Crippen molar-refractivity contribution in [2.24, 2.45) is 0 Å². The van der Waals surface area contributed by atoms with Gasteiger partial charge in [-0.3, -0.25) is 9.59 Å². The molecule has 0 fully saturated rings. The SMILES string of the molecule is Cc1cccc(-n2ncc(C(=O)N(C)CC(=O)Nc3ccccc3)c2C)c1. The number of amides is 2. The molecule has 0 bridgehead atoms. The number of rotatable bonds is 5. The van der Waals surface area contributed by atoms with Gasteiger partial charge in [0.1, 0.15) is 0 Å². The van der Waals surface area contributed by atoms with Crippen molar-refractivity contribution in [2.75, 3.05) is 18.9 Å². The molecule has 0 spiro atoms. The minimum Gasteiger partial charge on any atom is -0.332 e. The van der Waals surface area contributed by atoms with Crippen LogP contribution in [0.4, 0.5) is 5.69 Å². The standard InChI is InChI=1S/C21H22N4O2/c1-15-8-7-11-18(12-15)25-16(2)19(13-22-25)21(27)24(3)14-20(26)23-17-9-5-4-6-10-17/h4-13H,14H2,1-3H3,(H,23,26). The van der Waals surface area contributed by atoms with Gasteiger partial charge in [0.15, 0.2) is 0 Å². The lowest BCUT2D eigenvalue weighted by Gasteiger charge is -2.16. The van der Waals surface area contributed by atoms with Crippen LogP contribution in [0.1, 0.15) is 21.6 Å². The van der Waals surface area contributed by atoms with Crippen LogP contribution in [0.2, 0.25) is 0 Å². The highest BCUT2D eigenvalue weighted by molar-refractivity contribution is 5.99. The normalized spacial score (nSPS) is 10.5. The van der Waals surface area contributed by atoms with Crippen LogP contribution >= 0.6 is 0 Å². The molecule has 138 valence electrons. The van der Waals surface area contributed by atoms with Gasteiger partial charge in [0.25, 0.3) is 5.91 Å². The summed E-state index contributed by atoms with van der Waals surface area (Å²) in [4.78, 5) is 26.3. The van der Waals surface area contributed by atoms with Crippen LogP contribution < -0.4 is 5.32 Å². The first-order valence-electron chi connectivity index (χ1n) is 8.67. The number of nitrogens with one attached hydrogen (secondary N) is 1. The molecule has 3 aromatic rings. The van der Waals surface area contributed by atoms with Gasteiger partial charge in [0.2, 0.25) is 5.91 Å². The summed E-state index contributed by atoms with van der Waals surface area (Å²) in [5.74, 6) is -0.490. The zero-order valence-corrected chi connectivity index (χ0v) is 15.6. The van der Waals surface area contributed by atoms with E-state index in [-0.39, 0.29) is 18.4 Å². The van der Waals surface area contributed by atoms with Crippen molar-refractivity contribution in [3.63, 3.8) is 0 Å². The highest BCUT2D eigenvalue weighted by Crippen LogP contribution is 2.16. The van der Waals surface area contributed by atoms with Crippen molar-refractivity contribution in [1.82, 2.24) is 14.7 Å². The Balaban J connectivity index is 1.71. The number of para-hydroxylation sites is 1. The predicted octanol–water partition coefficient (Wildman–Crippen LogP) is 3.20. The first-order chi connectivity index (χ1) is 13.0. The second-order valence-electron chi connectivity index (χ2n) is 6.47. The fourth-order valence-electron chi connectivity index (χ4n) is 2.85. The van der Waals surface area contributed by atoms with Crippen LogP contribution in [0.25, 0.3) is 5.69 Å². The first-order valence-corrected chi connectivity index (χ1v) is 8.67. The molecule has 0 radical (unpaired) electrons. The van der Waals surface area contributed by atoms with Gasteiger partial charge in [-0.1, -0.05) is 30.3 Å². The fraction of sp³-hybridized carbons (Fsp3) is 0.190. The average Bonchev–Trinajstić information content (AvgIpc) is 3.03. The quantitative estimate of drug-likeness (QED) is 0.758. The molecular formula is C21H22N4O2. The number of hydrogen-bond donors (Lipinski definition) is 1. The minimum absolute atomic E-state index is 0.0389. The molecule has 2 amide bonds. The van der Waals surface area contributed by atoms with Gasteiger partial charge < -0.3 is 10.2 Å². The van der Waals surface area contributed by atoms with E-state index in [2.05, 4.69) is 10.4 Å². The maximum atomic E-state index is 12.8. The molecule has 6 nitrogen and oxygen atoms in total. The summed E-state index contributed by atoms with van der Waals surface area (Å²) >= 11 is 0. The van der Waals surface area contributed by atoms with Crippen molar-refractivity contribution in [1.29, 1.82) is 0 Å². The summed E-state index contributed by atoms with van der Waals surface area (Å²) in [5, 5.41) is 7.12. The lowest BCUT2D eigenvalue weighted by molar-refractivity contribution is -0.116. The summed E-state index contributed by atoms with van der Waals surface area (Å²) in [6.45, 7) is 3.82. The minimum atomic E-state index is -0.249. The van der Waals surface area contributed by atoms with Gasteiger partial charge in [-0.15, -0.1) is 0 Å². The predicted molar refractivity (Wildman–Crippen MR) is 105 cm³/mol. The number of hydrogen-bond acceptors (Lipinski definition) is 3. The van der Waals surface area contributed by atoms with Crippen molar-refractivity contribution >= 4 is 17.5 Å². The third-order valence-corrected chi connectivity index (χ3v) is 4.27. The van der Waals surface area contributed by atoms with Gasteiger partial charge in [0, 0.05) is 12.7 Å². The molecule has 3 rings (SSSR count). The topological polar surface area (TPSA) is 67.2 Å². The Kier molecular flexibility index (Phi) is 5.35. The number of nitrogens with zero attached hydrogens (tertiary/aromatic N) is 3. The largest absolute Gasteiger partial charge is 0.332 e. The Morgan fingerprint density at radius 2 is 1.81 bits per heavy atom. The molecule has 27 heavy (non-hydrogen) atoms. The summed E-state index contributed by atoms with van der Waals surface area (Å²) in [6, 6.07) is 17.1. The molecule has 2 aromatic carbocycles. The number of anilines is 1. The first kappa shape index (κ1) is 18.4. The van der Waals surface area contributed by atoms with Crippen molar-refractivity contribution in [3.05, 3.63) is 77.6 Å². The molecule has 1 aromatic heterocycles.